The molecule has 3 rings (SSSR count). The summed E-state index contributed by atoms with van der Waals surface area (Å²) < 4.78 is 44.1. The minimum atomic E-state index is -4.65. The van der Waals surface area contributed by atoms with E-state index in [-0.39, 0.29) is 12.3 Å². The van der Waals surface area contributed by atoms with E-state index >= 15 is 0 Å². The highest BCUT2D eigenvalue weighted by Gasteiger charge is 2.35. The Hall–Kier alpha value is -3.03. The monoisotopic (exact) mass is 350 g/mol. The predicted molar refractivity (Wildman–Crippen MR) is 84.5 cm³/mol. The second-order valence-corrected chi connectivity index (χ2v) is 5.28. The van der Waals surface area contributed by atoms with Gasteiger partial charge in [0.1, 0.15) is 6.61 Å². The average Bonchev–Trinajstić information content (AvgIpc) is 3.00. The van der Waals surface area contributed by atoms with Crippen molar-refractivity contribution in [1.29, 1.82) is 0 Å². The molecule has 0 radical (unpaired) electrons. The number of nitrogens with one attached hydrogen (secondary N) is 1. The number of cyclic esters (lactones) is 1. The number of anilines is 2. The summed E-state index contributed by atoms with van der Waals surface area (Å²) in [7, 11) is 0. The predicted octanol–water partition coefficient (Wildman–Crippen LogP) is 3.91. The molecule has 130 valence electrons. The van der Waals surface area contributed by atoms with Gasteiger partial charge in [-0.3, -0.25) is 9.69 Å². The van der Waals surface area contributed by atoms with Crippen molar-refractivity contribution < 1.29 is 27.5 Å². The number of ether oxygens (including phenoxy) is 1. The van der Waals surface area contributed by atoms with Gasteiger partial charge in [0.15, 0.2) is 0 Å². The first-order valence-electron chi connectivity index (χ1n) is 7.39. The highest BCUT2D eigenvalue weighted by atomic mass is 19.4. The van der Waals surface area contributed by atoms with Gasteiger partial charge in [-0.15, -0.1) is 0 Å². The van der Waals surface area contributed by atoms with E-state index in [2.05, 4.69) is 5.32 Å². The van der Waals surface area contributed by atoms with Crippen LogP contribution in [0, 0.1) is 0 Å². The maximum atomic E-state index is 13.1. The normalized spacial score (nSPS) is 14.4. The van der Waals surface area contributed by atoms with E-state index in [9.17, 15) is 22.8 Å². The van der Waals surface area contributed by atoms with Crippen LogP contribution in [0.15, 0.2) is 48.5 Å². The Morgan fingerprint density at radius 1 is 1.08 bits per heavy atom. The van der Waals surface area contributed by atoms with Crippen molar-refractivity contribution in [2.45, 2.75) is 6.18 Å². The van der Waals surface area contributed by atoms with Crippen molar-refractivity contribution in [3.8, 4) is 0 Å². The molecule has 5 nitrogen and oxygen atoms in total. The molecule has 2 aromatic rings. The summed E-state index contributed by atoms with van der Waals surface area (Å²) in [6.07, 6.45) is -5.22. The lowest BCUT2D eigenvalue weighted by atomic mass is 10.1. The minimum Gasteiger partial charge on any atom is -0.447 e. The van der Waals surface area contributed by atoms with E-state index < -0.39 is 29.3 Å². The largest absolute Gasteiger partial charge is 0.447 e. The first kappa shape index (κ1) is 16.8. The Balaban J connectivity index is 1.92. The topological polar surface area (TPSA) is 58.6 Å². The van der Waals surface area contributed by atoms with E-state index in [1.54, 1.807) is 18.2 Å². The smallest absolute Gasteiger partial charge is 0.417 e. The fourth-order valence-corrected chi connectivity index (χ4v) is 2.54. The molecule has 2 aromatic carbocycles. The summed E-state index contributed by atoms with van der Waals surface area (Å²) in [5.74, 6) is -0.909. The summed E-state index contributed by atoms with van der Waals surface area (Å²) >= 11 is 0. The third kappa shape index (κ3) is 3.42. The number of hydrogen-bond donors (Lipinski definition) is 1. The van der Waals surface area contributed by atoms with Crippen LogP contribution in [-0.4, -0.2) is 25.2 Å². The quantitative estimate of drug-likeness (QED) is 0.913. The number of amides is 2. The number of halogens is 3. The van der Waals surface area contributed by atoms with Crippen LogP contribution in [-0.2, 0) is 10.9 Å². The number of rotatable bonds is 3. The second kappa shape index (κ2) is 6.46. The molecular weight excluding hydrogens is 337 g/mol. The van der Waals surface area contributed by atoms with Crippen molar-refractivity contribution in [2.75, 3.05) is 23.4 Å². The summed E-state index contributed by atoms with van der Waals surface area (Å²) in [5.41, 5.74) is -0.925. The van der Waals surface area contributed by atoms with Crippen LogP contribution in [0.3, 0.4) is 0 Å². The van der Waals surface area contributed by atoms with Gasteiger partial charge in [0.05, 0.1) is 29.0 Å². The van der Waals surface area contributed by atoms with Gasteiger partial charge in [-0.1, -0.05) is 24.3 Å². The highest BCUT2D eigenvalue weighted by molar-refractivity contribution is 6.08. The molecule has 1 fully saturated rings. The van der Waals surface area contributed by atoms with Gasteiger partial charge in [-0.2, -0.15) is 13.2 Å². The van der Waals surface area contributed by atoms with Gasteiger partial charge >= 0.3 is 12.3 Å². The molecule has 0 bridgehead atoms. The van der Waals surface area contributed by atoms with E-state index in [0.717, 1.165) is 12.1 Å². The molecule has 0 aliphatic carbocycles. The molecule has 0 spiro atoms. The molecule has 0 atom stereocenters. The lowest BCUT2D eigenvalue weighted by Crippen LogP contribution is -2.26. The minimum absolute atomic E-state index is 0.206. The van der Waals surface area contributed by atoms with Crippen molar-refractivity contribution in [1.82, 2.24) is 0 Å². The van der Waals surface area contributed by atoms with Gasteiger partial charge in [-0.05, 0) is 24.3 Å². The molecule has 25 heavy (non-hydrogen) atoms. The zero-order chi connectivity index (χ0) is 18.0. The van der Waals surface area contributed by atoms with Gasteiger partial charge in [-0.25, -0.2) is 4.79 Å². The van der Waals surface area contributed by atoms with Gasteiger partial charge in [0, 0.05) is 0 Å². The third-order valence-corrected chi connectivity index (χ3v) is 3.68. The molecule has 1 saturated heterocycles. The fourth-order valence-electron chi connectivity index (χ4n) is 2.54. The van der Waals surface area contributed by atoms with Crippen molar-refractivity contribution in [3.05, 3.63) is 59.7 Å². The van der Waals surface area contributed by atoms with Gasteiger partial charge in [0.2, 0.25) is 0 Å². The number of benzene rings is 2. The van der Waals surface area contributed by atoms with Crippen LogP contribution in [0.25, 0.3) is 0 Å². The Bertz CT molecular complexity index is 821. The molecule has 0 saturated carbocycles. The number of alkyl halides is 3. The first-order chi connectivity index (χ1) is 11.9. The van der Waals surface area contributed by atoms with Crippen molar-refractivity contribution in [2.24, 2.45) is 0 Å². The molecule has 1 aliphatic rings. The van der Waals surface area contributed by atoms with Crippen LogP contribution < -0.4 is 10.2 Å². The van der Waals surface area contributed by atoms with Crippen LogP contribution in [0.5, 0.6) is 0 Å². The summed E-state index contributed by atoms with van der Waals surface area (Å²) in [4.78, 5) is 25.4. The number of nitrogens with zero attached hydrogens (tertiary/aromatic N) is 1. The van der Waals surface area contributed by atoms with E-state index in [4.69, 9.17) is 4.74 Å². The summed E-state index contributed by atoms with van der Waals surface area (Å²) in [5, 5.41) is 2.45. The number of hydrogen-bond acceptors (Lipinski definition) is 3. The number of carbonyl (C=O) groups is 2. The molecule has 0 aromatic heterocycles. The van der Waals surface area contributed by atoms with E-state index in [1.165, 1.54) is 23.1 Å². The Morgan fingerprint density at radius 3 is 2.44 bits per heavy atom. The fraction of sp³-hybridized carbons (Fsp3) is 0.176. The Labute approximate surface area is 141 Å². The SMILES string of the molecule is O=C(Nc1ccccc1N1CCOC1=O)c1ccccc1C(F)(F)F. The van der Waals surface area contributed by atoms with Crippen LogP contribution >= 0.6 is 0 Å². The number of para-hydroxylation sites is 2. The molecule has 1 aliphatic heterocycles. The van der Waals surface area contributed by atoms with Crippen molar-refractivity contribution in [3.63, 3.8) is 0 Å². The second-order valence-electron chi connectivity index (χ2n) is 5.28. The summed E-state index contributed by atoms with van der Waals surface area (Å²) in [6.45, 7) is 0.503. The molecule has 0 unspecified atom stereocenters. The maximum absolute atomic E-state index is 13.1. The molecule has 1 N–H and O–H groups in total. The summed E-state index contributed by atoms with van der Waals surface area (Å²) in [6, 6.07) is 10.9. The maximum Gasteiger partial charge on any atom is 0.417 e. The molecular formula is C17H13F3N2O3. The van der Waals surface area contributed by atoms with Crippen LogP contribution in [0.1, 0.15) is 15.9 Å². The van der Waals surface area contributed by atoms with Crippen molar-refractivity contribution >= 4 is 23.4 Å². The van der Waals surface area contributed by atoms with E-state index in [1.807, 2.05) is 0 Å². The van der Waals surface area contributed by atoms with Gasteiger partial charge in [0.25, 0.3) is 5.91 Å². The standard InChI is InChI=1S/C17H13F3N2O3/c18-17(19,20)12-6-2-1-5-11(12)15(23)21-13-7-3-4-8-14(13)22-9-10-25-16(22)24/h1-8H,9-10H2,(H,21,23). The molecule has 8 heteroatoms. The molecule has 2 amide bonds. The van der Waals surface area contributed by atoms with Crippen LogP contribution in [0.2, 0.25) is 0 Å². The average molecular weight is 350 g/mol. The van der Waals surface area contributed by atoms with E-state index in [0.29, 0.717) is 12.2 Å². The Kier molecular flexibility index (Phi) is 4.35. The first-order valence-corrected chi connectivity index (χ1v) is 7.39. The molecule has 1 heterocycles. The van der Waals surface area contributed by atoms with Crippen LogP contribution in [0.4, 0.5) is 29.3 Å². The zero-order valence-corrected chi connectivity index (χ0v) is 12.8. The lowest BCUT2D eigenvalue weighted by Gasteiger charge is -2.18. The highest BCUT2D eigenvalue weighted by Crippen LogP contribution is 2.33. The lowest BCUT2D eigenvalue weighted by molar-refractivity contribution is -0.137. The van der Waals surface area contributed by atoms with Gasteiger partial charge < -0.3 is 10.1 Å². The zero-order valence-electron chi connectivity index (χ0n) is 12.8. The number of carbonyl (C=O) groups excluding carboxylic acids is 2. The Morgan fingerprint density at radius 2 is 1.76 bits per heavy atom. The third-order valence-electron chi connectivity index (χ3n) is 3.68.